The lowest BCUT2D eigenvalue weighted by Gasteiger charge is -2.09. The van der Waals surface area contributed by atoms with Gasteiger partial charge in [0.05, 0.1) is 6.54 Å². The van der Waals surface area contributed by atoms with Gasteiger partial charge in [0.15, 0.2) is 0 Å². The molecule has 1 aromatic rings. The molecule has 1 aromatic heterocycles. The maximum atomic E-state index is 5.64. The summed E-state index contributed by atoms with van der Waals surface area (Å²) in [4.78, 5) is 8.24. The summed E-state index contributed by atoms with van der Waals surface area (Å²) in [6, 6.07) is 1.82. The maximum Gasteiger partial charge on any atom is 0.141 e. The van der Waals surface area contributed by atoms with Gasteiger partial charge in [-0.3, -0.25) is 0 Å². The minimum absolute atomic E-state index is 0.608. The third kappa shape index (κ3) is 4.53. The summed E-state index contributed by atoms with van der Waals surface area (Å²) < 4.78 is 0. The van der Waals surface area contributed by atoms with Crippen molar-refractivity contribution in [2.75, 3.05) is 12.4 Å². The molecule has 0 radical (unpaired) electrons. The molecular formula is C10H16ClN3. The van der Waals surface area contributed by atoms with Crippen molar-refractivity contribution in [2.45, 2.75) is 19.9 Å². The SMILES string of the molecule is CC(CCCl)CNCc1ncccn1. The summed E-state index contributed by atoms with van der Waals surface area (Å²) >= 11 is 5.64. The molecule has 3 nitrogen and oxygen atoms in total. The Morgan fingerprint density at radius 3 is 2.79 bits per heavy atom. The Balaban J connectivity index is 2.16. The lowest BCUT2D eigenvalue weighted by molar-refractivity contribution is 0.496. The first-order valence-corrected chi connectivity index (χ1v) is 5.39. The molecule has 0 amide bonds. The Morgan fingerprint density at radius 2 is 2.14 bits per heavy atom. The molecule has 0 saturated carbocycles. The summed E-state index contributed by atoms with van der Waals surface area (Å²) in [6.45, 7) is 3.87. The fourth-order valence-corrected chi connectivity index (χ4v) is 1.51. The summed E-state index contributed by atoms with van der Waals surface area (Å²) in [5.74, 6) is 2.17. The van der Waals surface area contributed by atoms with Gasteiger partial charge in [0, 0.05) is 18.3 Å². The van der Waals surface area contributed by atoms with Crippen LogP contribution in [0.4, 0.5) is 0 Å². The fraction of sp³-hybridized carbons (Fsp3) is 0.600. The van der Waals surface area contributed by atoms with Crippen LogP contribution in [0.3, 0.4) is 0 Å². The van der Waals surface area contributed by atoms with E-state index in [0.29, 0.717) is 5.92 Å². The molecule has 1 N–H and O–H groups in total. The van der Waals surface area contributed by atoms with Crippen LogP contribution in [0.5, 0.6) is 0 Å². The van der Waals surface area contributed by atoms with Crippen molar-refractivity contribution in [1.29, 1.82) is 0 Å². The monoisotopic (exact) mass is 213 g/mol. The van der Waals surface area contributed by atoms with Gasteiger partial charge in [0.2, 0.25) is 0 Å². The smallest absolute Gasteiger partial charge is 0.141 e. The molecule has 0 aliphatic heterocycles. The average Bonchev–Trinajstić information content (AvgIpc) is 2.20. The van der Waals surface area contributed by atoms with Crippen molar-refractivity contribution >= 4 is 11.6 Å². The van der Waals surface area contributed by atoms with Gasteiger partial charge < -0.3 is 5.32 Å². The van der Waals surface area contributed by atoms with E-state index < -0.39 is 0 Å². The van der Waals surface area contributed by atoms with Crippen LogP contribution in [0.2, 0.25) is 0 Å². The molecule has 1 rings (SSSR count). The van der Waals surface area contributed by atoms with Crippen LogP contribution in [0.15, 0.2) is 18.5 Å². The Kier molecular flexibility index (Phi) is 5.49. The van der Waals surface area contributed by atoms with E-state index in [1.165, 1.54) is 0 Å². The molecule has 78 valence electrons. The van der Waals surface area contributed by atoms with Crippen molar-refractivity contribution in [3.63, 3.8) is 0 Å². The molecule has 0 aromatic carbocycles. The highest BCUT2D eigenvalue weighted by atomic mass is 35.5. The molecular weight excluding hydrogens is 198 g/mol. The van der Waals surface area contributed by atoms with Crippen LogP contribution in [-0.4, -0.2) is 22.4 Å². The summed E-state index contributed by atoms with van der Waals surface area (Å²) in [5, 5.41) is 3.30. The molecule has 0 fully saturated rings. The highest BCUT2D eigenvalue weighted by Crippen LogP contribution is 2.01. The summed E-state index contributed by atoms with van der Waals surface area (Å²) in [6.07, 6.45) is 4.56. The van der Waals surface area contributed by atoms with Gasteiger partial charge in [0.1, 0.15) is 5.82 Å². The van der Waals surface area contributed by atoms with Gasteiger partial charge in [-0.15, -0.1) is 11.6 Å². The molecule has 0 aliphatic rings. The number of nitrogens with one attached hydrogen (secondary N) is 1. The van der Waals surface area contributed by atoms with E-state index in [1.54, 1.807) is 12.4 Å². The first-order chi connectivity index (χ1) is 6.83. The van der Waals surface area contributed by atoms with Crippen LogP contribution in [0.1, 0.15) is 19.2 Å². The molecule has 4 heteroatoms. The first kappa shape index (κ1) is 11.4. The van der Waals surface area contributed by atoms with E-state index in [4.69, 9.17) is 11.6 Å². The van der Waals surface area contributed by atoms with Gasteiger partial charge in [-0.1, -0.05) is 6.92 Å². The predicted octanol–water partition coefficient (Wildman–Crippen LogP) is 1.83. The number of alkyl halides is 1. The Morgan fingerprint density at radius 1 is 1.43 bits per heavy atom. The van der Waals surface area contributed by atoms with Crippen LogP contribution in [0.25, 0.3) is 0 Å². The van der Waals surface area contributed by atoms with Crippen LogP contribution in [-0.2, 0) is 6.54 Å². The highest BCUT2D eigenvalue weighted by Gasteiger charge is 2.00. The van der Waals surface area contributed by atoms with Crippen molar-refractivity contribution in [3.05, 3.63) is 24.3 Å². The van der Waals surface area contributed by atoms with Crippen LogP contribution in [0, 0.1) is 5.92 Å². The number of nitrogens with zero attached hydrogens (tertiary/aromatic N) is 2. The average molecular weight is 214 g/mol. The molecule has 1 unspecified atom stereocenters. The van der Waals surface area contributed by atoms with Crippen molar-refractivity contribution in [3.8, 4) is 0 Å². The second kappa shape index (κ2) is 6.74. The zero-order chi connectivity index (χ0) is 10.2. The lowest BCUT2D eigenvalue weighted by Crippen LogP contribution is -2.22. The Labute approximate surface area is 89.9 Å². The highest BCUT2D eigenvalue weighted by molar-refractivity contribution is 6.17. The largest absolute Gasteiger partial charge is 0.310 e. The molecule has 14 heavy (non-hydrogen) atoms. The topological polar surface area (TPSA) is 37.8 Å². The number of halogens is 1. The van der Waals surface area contributed by atoms with E-state index in [-0.39, 0.29) is 0 Å². The maximum absolute atomic E-state index is 5.64. The van der Waals surface area contributed by atoms with E-state index in [9.17, 15) is 0 Å². The molecule has 0 spiro atoms. The molecule has 0 saturated heterocycles. The number of hydrogen-bond donors (Lipinski definition) is 1. The van der Waals surface area contributed by atoms with Crippen LogP contribution >= 0.6 is 11.6 Å². The molecule has 1 heterocycles. The Hall–Kier alpha value is -0.670. The third-order valence-electron chi connectivity index (χ3n) is 2.00. The van der Waals surface area contributed by atoms with Crippen LogP contribution < -0.4 is 5.32 Å². The zero-order valence-electron chi connectivity index (χ0n) is 8.41. The van der Waals surface area contributed by atoms with Gasteiger partial charge in [0.25, 0.3) is 0 Å². The third-order valence-corrected chi connectivity index (χ3v) is 2.22. The summed E-state index contributed by atoms with van der Waals surface area (Å²) in [7, 11) is 0. The molecule has 0 aliphatic carbocycles. The minimum Gasteiger partial charge on any atom is -0.310 e. The predicted molar refractivity (Wildman–Crippen MR) is 58.2 cm³/mol. The standard InChI is InChI=1S/C10H16ClN3/c1-9(3-4-11)7-12-8-10-13-5-2-6-14-10/h2,5-6,9,12H,3-4,7-8H2,1H3. The van der Waals surface area contributed by atoms with Crippen molar-refractivity contribution in [2.24, 2.45) is 5.92 Å². The second-order valence-electron chi connectivity index (χ2n) is 3.38. The fourth-order valence-electron chi connectivity index (χ4n) is 1.14. The normalized spacial score (nSPS) is 12.7. The first-order valence-electron chi connectivity index (χ1n) is 4.85. The van der Waals surface area contributed by atoms with E-state index in [0.717, 1.165) is 31.2 Å². The number of hydrogen-bond acceptors (Lipinski definition) is 3. The van der Waals surface area contributed by atoms with Gasteiger partial charge in [-0.05, 0) is 24.9 Å². The zero-order valence-corrected chi connectivity index (χ0v) is 9.17. The Bertz CT molecular complexity index is 240. The van der Waals surface area contributed by atoms with Crippen molar-refractivity contribution < 1.29 is 0 Å². The van der Waals surface area contributed by atoms with E-state index in [1.807, 2.05) is 6.07 Å². The molecule has 0 bridgehead atoms. The van der Waals surface area contributed by atoms with E-state index in [2.05, 4.69) is 22.2 Å². The second-order valence-corrected chi connectivity index (χ2v) is 3.76. The van der Waals surface area contributed by atoms with Gasteiger partial charge in [-0.25, -0.2) is 9.97 Å². The van der Waals surface area contributed by atoms with Crippen molar-refractivity contribution in [1.82, 2.24) is 15.3 Å². The molecule has 1 atom stereocenters. The summed E-state index contributed by atoms with van der Waals surface area (Å²) in [5.41, 5.74) is 0. The van der Waals surface area contributed by atoms with Gasteiger partial charge >= 0.3 is 0 Å². The number of aromatic nitrogens is 2. The lowest BCUT2D eigenvalue weighted by atomic mass is 10.1. The van der Waals surface area contributed by atoms with E-state index >= 15 is 0 Å². The minimum atomic E-state index is 0.608. The number of rotatable bonds is 6. The van der Waals surface area contributed by atoms with Gasteiger partial charge in [-0.2, -0.15) is 0 Å². The quantitative estimate of drug-likeness (QED) is 0.733.